The van der Waals surface area contributed by atoms with E-state index in [0.717, 1.165) is 10.0 Å². The van der Waals surface area contributed by atoms with Gasteiger partial charge in [-0.3, -0.25) is 9.59 Å². The molecule has 0 spiro atoms. The molecule has 0 radical (unpaired) electrons. The summed E-state index contributed by atoms with van der Waals surface area (Å²) in [6.07, 6.45) is 1.89. The molecule has 0 aromatic heterocycles. The van der Waals surface area contributed by atoms with Crippen LogP contribution in [0.4, 0.5) is 4.39 Å². The summed E-state index contributed by atoms with van der Waals surface area (Å²) in [7, 11) is 0. The lowest BCUT2D eigenvalue weighted by Crippen LogP contribution is -2.47. The Hall–Kier alpha value is -1.43. The lowest BCUT2D eigenvalue weighted by molar-refractivity contribution is -0.125. The summed E-state index contributed by atoms with van der Waals surface area (Å²) < 4.78 is 13.9. The second-order valence-corrected chi connectivity index (χ2v) is 5.70. The number of halogens is 2. The average Bonchev–Trinajstić information content (AvgIpc) is 2.42. The van der Waals surface area contributed by atoms with E-state index in [1.54, 1.807) is 6.07 Å². The molecule has 2 amide bonds. The van der Waals surface area contributed by atoms with Crippen LogP contribution in [0.2, 0.25) is 0 Å². The first-order valence-corrected chi connectivity index (χ1v) is 7.34. The van der Waals surface area contributed by atoms with Gasteiger partial charge >= 0.3 is 0 Å². The highest BCUT2D eigenvalue weighted by Crippen LogP contribution is 2.19. The number of rotatable bonds is 4. The average molecular weight is 343 g/mol. The van der Waals surface area contributed by atoms with E-state index >= 15 is 0 Å². The van der Waals surface area contributed by atoms with Gasteiger partial charge in [-0.05, 0) is 36.6 Å². The minimum atomic E-state index is -0.307. The molecular weight excluding hydrogens is 327 g/mol. The summed E-state index contributed by atoms with van der Waals surface area (Å²) in [4.78, 5) is 22.8. The number of aryl methyl sites for hydroxylation is 1. The quantitative estimate of drug-likeness (QED) is 0.878. The van der Waals surface area contributed by atoms with Gasteiger partial charge in [0, 0.05) is 29.9 Å². The zero-order valence-corrected chi connectivity index (χ0v) is 12.5. The van der Waals surface area contributed by atoms with Crippen molar-refractivity contribution in [3.63, 3.8) is 0 Å². The molecule has 1 aromatic rings. The van der Waals surface area contributed by atoms with Crippen LogP contribution in [0.3, 0.4) is 0 Å². The summed E-state index contributed by atoms with van der Waals surface area (Å²) in [5.41, 5.74) is 0.775. The van der Waals surface area contributed by atoms with Gasteiger partial charge in [0.05, 0.1) is 0 Å². The van der Waals surface area contributed by atoms with E-state index < -0.39 is 0 Å². The summed E-state index contributed by atoms with van der Waals surface area (Å²) in [5, 5.41) is 5.60. The molecule has 1 aliphatic rings. The maximum absolute atomic E-state index is 13.1. The lowest BCUT2D eigenvalue weighted by atomic mass is 10.1. The Morgan fingerprint density at radius 1 is 1.50 bits per heavy atom. The van der Waals surface area contributed by atoms with E-state index in [2.05, 4.69) is 26.6 Å². The zero-order valence-electron chi connectivity index (χ0n) is 10.9. The van der Waals surface area contributed by atoms with Crippen molar-refractivity contribution in [3.8, 4) is 0 Å². The van der Waals surface area contributed by atoms with Crippen molar-refractivity contribution in [1.29, 1.82) is 0 Å². The molecule has 2 N–H and O–H groups in total. The zero-order chi connectivity index (χ0) is 14.5. The first-order chi connectivity index (χ1) is 9.54. The second kappa shape index (κ2) is 6.83. The SMILES string of the molecule is O=C1CC[C@@H](NC(=O)CCc2cc(F)ccc2Br)CN1. The van der Waals surface area contributed by atoms with E-state index in [4.69, 9.17) is 0 Å². The maximum atomic E-state index is 13.1. The molecule has 108 valence electrons. The Kier molecular flexibility index (Phi) is 5.11. The third kappa shape index (κ3) is 4.30. The van der Waals surface area contributed by atoms with Gasteiger partial charge in [-0.2, -0.15) is 0 Å². The first-order valence-electron chi connectivity index (χ1n) is 6.54. The third-order valence-electron chi connectivity index (χ3n) is 3.26. The smallest absolute Gasteiger partial charge is 0.220 e. The van der Waals surface area contributed by atoms with Crippen LogP contribution >= 0.6 is 15.9 Å². The molecule has 2 rings (SSSR count). The number of benzene rings is 1. The van der Waals surface area contributed by atoms with Crippen LogP contribution in [0.1, 0.15) is 24.8 Å². The Balaban J connectivity index is 1.80. The van der Waals surface area contributed by atoms with Gasteiger partial charge in [-0.25, -0.2) is 4.39 Å². The van der Waals surface area contributed by atoms with Crippen LogP contribution in [0.5, 0.6) is 0 Å². The van der Waals surface area contributed by atoms with Gasteiger partial charge < -0.3 is 10.6 Å². The van der Waals surface area contributed by atoms with Crippen molar-refractivity contribution in [3.05, 3.63) is 34.1 Å². The van der Waals surface area contributed by atoms with E-state index in [0.29, 0.717) is 32.2 Å². The molecule has 1 aromatic carbocycles. The fourth-order valence-electron chi connectivity index (χ4n) is 2.14. The predicted octanol–water partition coefficient (Wildman–Crippen LogP) is 1.92. The monoisotopic (exact) mass is 342 g/mol. The van der Waals surface area contributed by atoms with Gasteiger partial charge in [0.2, 0.25) is 11.8 Å². The van der Waals surface area contributed by atoms with Gasteiger partial charge in [0.25, 0.3) is 0 Å². The molecule has 0 saturated carbocycles. The van der Waals surface area contributed by atoms with Crippen LogP contribution in [-0.2, 0) is 16.0 Å². The van der Waals surface area contributed by atoms with Crippen molar-refractivity contribution in [1.82, 2.24) is 10.6 Å². The minimum Gasteiger partial charge on any atom is -0.354 e. The molecule has 1 heterocycles. The Labute approximate surface area is 125 Å². The number of amides is 2. The van der Waals surface area contributed by atoms with E-state index in [1.807, 2.05) is 0 Å². The van der Waals surface area contributed by atoms with Crippen LogP contribution in [0.25, 0.3) is 0 Å². The van der Waals surface area contributed by atoms with Crippen molar-refractivity contribution >= 4 is 27.7 Å². The van der Waals surface area contributed by atoms with Gasteiger partial charge in [-0.1, -0.05) is 15.9 Å². The summed E-state index contributed by atoms with van der Waals surface area (Å²) in [6, 6.07) is 4.44. The van der Waals surface area contributed by atoms with Crippen molar-refractivity contribution in [2.75, 3.05) is 6.54 Å². The van der Waals surface area contributed by atoms with Gasteiger partial charge in [-0.15, -0.1) is 0 Å². The van der Waals surface area contributed by atoms with Crippen molar-refractivity contribution in [2.45, 2.75) is 31.7 Å². The highest BCUT2D eigenvalue weighted by atomic mass is 79.9. The normalized spacial score (nSPS) is 18.5. The number of nitrogens with one attached hydrogen (secondary N) is 2. The summed E-state index contributed by atoms with van der Waals surface area (Å²) >= 11 is 3.34. The predicted molar refractivity (Wildman–Crippen MR) is 76.6 cm³/mol. The van der Waals surface area contributed by atoms with Crippen LogP contribution < -0.4 is 10.6 Å². The summed E-state index contributed by atoms with van der Waals surface area (Å²) in [6.45, 7) is 0.480. The second-order valence-electron chi connectivity index (χ2n) is 4.84. The molecule has 4 nitrogen and oxygen atoms in total. The molecule has 1 atom stereocenters. The molecule has 1 saturated heterocycles. The number of piperidine rings is 1. The maximum Gasteiger partial charge on any atom is 0.220 e. The fraction of sp³-hybridized carbons (Fsp3) is 0.429. The fourth-order valence-corrected chi connectivity index (χ4v) is 2.58. The lowest BCUT2D eigenvalue weighted by Gasteiger charge is -2.23. The summed E-state index contributed by atoms with van der Waals surface area (Å²) in [5.74, 6) is -0.361. The van der Waals surface area contributed by atoms with E-state index in [-0.39, 0.29) is 23.7 Å². The highest BCUT2D eigenvalue weighted by Gasteiger charge is 2.19. The van der Waals surface area contributed by atoms with Crippen molar-refractivity contribution < 1.29 is 14.0 Å². The number of hydrogen-bond acceptors (Lipinski definition) is 2. The Bertz CT molecular complexity index is 512. The van der Waals surface area contributed by atoms with Crippen molar-refractivity contribution in [2.24, 2.45) is 0 Å². The van der Waals surface area contributed by atoms with Crippen LogP contribution in [-0.4, -0.2) is 24.4 Å². The number of carbonyl (C=O) groups is 2. The minimum absolute atomic E-state index is 0.00356. The molecule has 1 fully saturated rings. The number of carbonyl (C=O) groups excluding carboxylic acids is 2. The van der Waals surface area contributed by atoms with Crippen LogP contribution in [0.15, 0.2) is 22.7 Å². The first kappa shape index (κ1) is 15.0. The van der Waals surface area contributed by atoms with Gasteiger partial charge in [0.1, 0.15) is 5.82 Å². The molecule has 0 unspecified atom stereocenters. The highest BCUT2D eigenvalue weighted by molar-refractivity contribution is 9.10. The standard InChI is InChI=1S/C14H16BrFN2O2/c15-12-4-2-10(16)7-9(12)1-5-14(20)18-11-3-6-13(19)17-8-11/h2,4,7,11H,1,3,5-6,8H2,(H,17,19)(H,18,20)/t11-/m1/s1. The molecule has 0 aliphatic carbocycles. The molecule has 6 heteroatoms. The van der Waals surface area contributed by atoms with E-state index in [9.17, 15) is 14.0 Å². The molecule has 20 heavy (non-hydrogen) atoms. The number of hydrogen-bond donors (Lipinski definition) is 2. The largest absolute Gasteiger partial charge is 0.354 e. The van der Waals surface area contributed by atoms with E-state index in [1.165, 1.54) is 12.1 Å². The Morgan fingerprint density at radius 2 is 2.30 bits per heavy atom. The Morgan fingerprint density at radius 3 is 3.00 bits per heavy atom. The molecular formula is C14H16BrFN2O2. The molecule has 0 bridgehead atoms. The van der Waals surface area contributed by atoms with Gasteiger partial charge in [0.15, 0.2) is 0 Å². The van der Waals surface area contributed by atoms with Crippen LogP contribution in [0, 0.1) is 5.82 Å². The topological polar surface area (TPSA) is 58.2 Å². The molecule has 1 aliphatic heterocycles. The third-order valence-corrected chi connectivity index (χ3v) is 4.03.